The van der Waals surface area contributed by atoms with Crippen LogP contribution in [0.5, 0.6) is 0 Å². The lowest BCUT2D eigenvalue weighted by atomic mass is 10.1. The van der Waals surface area contributed by atoms with E-state index in [9.17, 15) is 4.79 Å². The minimum Gasteiger partial charge on any atom is -0.299 e. The fourth-order valence-electron chi connectivity index (χ4n) is 1.35. The molecule has 1 heterocycles. The summed E-state index contributed by atoms with van der Waals surface area (Å²) in [6.45, 7) is 0. The quantitative estimate of drug-likeness (QED) is 0.809. The number of carbonyl (C=O) groups is 1. The minimum atomic E-state index is 0.414. The summed E-state index contributed by atoms with van der Waals surface area (Å²) in [5.41, 5.74) is 1.28. The molecule has 2 rings (SSSR count). The first-order valence-corrected chi connectivity index (χ1v) is 6.24. The predicted molar refractivity (Wildman–Crippen MR) is 58.1 cm³/mol. The first-order valence-electron chi connectivity index (χ1n) is 4.50. The topological polar surface area (TPSA) is 17.1 Å². The van der Waals surface area contributed by atoms with Crippen molar-refractivity contribution >= 4 is 33.0 Å². The Morgan fingerprint density at radius 3 is 2.85 bits per heavy atom. The molecule has 1 aliphatic carbocycles. The van der Waals surface area contributed by atoms with Gasteiger partial charge in [-0.15, -0.1) is 0 Å². The highest BCUT2D eigenvalue weighted by molar-refractivity contribution is 9.10. The molecule has 0 spiro atoms. The van der Waals surface area contributed by atoms with Gasteiger partial charge in [-0.3, -0.25) is 4.79 Å². The lowest BCUT2D eigenvalue weighted by Gasteiger charge is -1.97. The van der Waals surface area contributed by atoms with Gasteiger partial charge in [0.15, 0.2) is 0 Å². The van der Waals surface area contributed by atoms with Gasteiger partial charge in [0.2, 0.25) is 0 Å². The Morgan fingerprint density at radius 2 is 2.31 bits per heavy atom. The van der Waals surface area contributed by atoms with Crippen molar-refractivity contribution in [2.75, 3.05) is 0 Å². The van der Waals surface area contributed by atoms with Gasteiger partial charge < -0.3 is 0 Å². The van der Waals surface area contributed by atoms with Gasteiger partial charge in [-0.1, -0.05) is 0 Å². The van der Waals surface area contributed by atoms with Crippen LogP contribution in [0, 0.1) is 5.92 Å². The Morgan fingerprint density at radius 1 is 1.54 bits per heavy atom. The maximum Gasteiger partial charge on any atom is 0.136 e. The fourth-order valence-corrected chi connectivity index (χ4v) is 2.89. The largest absolute Gasteiger partial charge is 0.299 e. The number of Topliss-reactive ketones (excluding diaryl/α,β-unsaturated/α-hetero) is 1. The van der Waals surface area contributed by atoms with Gasteiger partial charge in [0.25, 0.3) is 0 Å². The zero-order valence-electron chi connectivity index (χ0n) is 7.25. The molecule has 0 unspecified atom stereocenters. The molecule has 1 saturated carbocycles. The van der Waals surface area contributed by atoms with Crippen molar-refractivity contribution in [3.8, 4) is 0 Å². The summed E-state index contributed by atoms with van der Waals surface area (Å²) in [7, 11) is 0. The Kier molecular flexibility index (Phi) is 2.84. The lowest BCUT2D eigenvalue weighted by molar-refractivity contribution is -0.120. The van der Waals surface area contributed by atoms with E-state index >= 15 is 0 Å². The number of rotatable bonds is 4. The highest BCUT2D eigenvalue weighted by atomic mass is 79.9. The Balaban J connectivity index is 1.85. The second-order valence-electron chi connectivity index (χ2n) is 3.49. The summed E-state index contributed by atoms with van der Waals surface area (Å²) >= 11 is 5.15. The van der Waals surface area contributed by atoms with Gasteiger partial charge in [0.05, 0.1) is 0 Å². The van der Waals surface area contributed by atoms with Crippen molar-refractivity contribution in [2.24, 2.45) is 5.92 Å². The predicted octanol–water partition coefficient (Wildman–Crippen LogP) is 3.42. The highest BCUT2D eigenvalue weighted by Crippen LogP contribution is 2.32. The Bertz CT molecular complexity index is 314. The number of thiophene rings is 1. The van der Waals surface area contributed by atoms with Crippen LogP contribution in [0.15, 0.2) is 15.2 Å². The molecule has 1 fully saturated rings. The van der Waals surface area contributed by atoms with Crippen LogP contribution in [-0.4, -0.2) is 5.78 Å². The van der Waals surface area contributed by atoms with Gasteiger partial charge in [-0.2, -0.15) is 11.3 Å². The van der Waals surface area contributed by atoms with Crippen LogP contribution in [0.3, 0.4) is 0 Å². The van der Waals surface area contributed by atoms with Crippen LogP contribution < -0.4 is 0 Å². The van der Waals surface area contributed by atoms with E-state index in [2.05, 4.69) is 26.7 Å². The standard InChI is InChI=1S/C10H11BrOS/c11-9-6-13-5-8(9)3-4-10(12)7-1-2-7/h5-7H,1-4H2. The molecular weight excluding hydrogens is 248 g/mol. The Hall–Kier alpha value is -0.150. The molecule has 0 amide bonds. The number of halogens is 1. The van der Waals surface area contributed by atoms with E-state index in [4.69, 9.17) is 0 Å². The van der Waals surface area contributed by atoms with Crippen LogP contribution in [0.1, 0.15) is 24.8 Å². The fraction of sp³-hybridized carbons (Fsp3) is 0.500. The number of carbonyl (C=O) groups excluding carboxylic acids is 1. The molecule has 70 valence electrons. The van der Waals surface area contributed by atoms with Gasteiger partial charge in [-0.05, 0) is 46.1 Å². The zero-order chi connectivity index (χ0) is 9.26. The third-order valence-corrected chi connectivity index (χ3v) is 4.20. The van der Waals surface area contributed by atoms with E-state index in [0.717, 1.165) is 30.2 Å². The smallest absolute Gasteiger partial charge is 0.136 e. The van der Waals surface area contributed by atoms with Crippen molar-refractivity contribution in [2.45, 2.75) is 25.7 Å². The van der Waals surface area contributed by atoms with Gasteiger partial charge in [0.1, 0.15) is 5.78 Å². The molecule has 0 radical (unpaired) electrons. The summed E-state index contributed by atoms with van der Waals surface area (Å²) in [5.74, 6) is 0.871. The summed E-state index contributed by atoms with van der Waals surface area (Å²) in [4.78, 5) is 11.4. The highest BCUT2D eigenvalue weighted by Gasteiger charge is 2.28. The molecule has 3 heteroatoms. The minimum absolute atomic E-state index is 0.414. The molecule has 1 aromatic rings. The number of ketones is 1. The van der Waals surface area contributed by atoms with Crippen molar-refractivity contribution < 1.29 is 4.79 Å². The summed E-state index contributed by atoms with van der Waals surface area (Å²) in [6, 6.07) is 0. The van der Waals surface area contributed by atoms with Crippen LogP contribution in [0.2, 0.25) is 0 Å². The first kappa shape index (κ1) is 9.41. The molecule has 1 nitrogen and oxygen atoms in total. The summed E-state index contributed by atoms with van der Waals surface area (Å²) in [5, 5.41) is 4.18. The van der Waals surface area contributed by atoms with Crippen molar-refractivity contribution in [3.05, 3.63) is 20.8 Å². The second-order valence-corrected chi connectivity index (χ2v) is 5.08. The maximum absolute atomic E-state index is 11.4. The van der Waals surface area contributed by atoms with E-state index in [1.165, 1.54) is 5.56 Å². The summed E-state index contributed by atoms with van der Waals surface area (Å²) < 4.78 is 1.15. The molecule has 1 aliphatic rings. The average molecular weight is 259 g/mol. The zero-order valence-corrected chi connectivity index (χ0v) is 9.66. The van der Waals surface area contributed by atoms with Crippen molar-refractivity contribution in [3.63, 3.8) is 0 Å². The Labute approximate surface area is 90.3 Å². The molecule has 0 N–H and O–H groups in total. The molecule has 1 aromatic heterocycles. The SMILES string of the molecule is O=C(CCc1cscc1Br)C1CC1. The summed E-state index contributed by atoms with van der Waals surface area (Å²) in [6.07, 6.45) is 3.88. The van der Waals surface area contributed by atoms with Crippen LogP contribution in [0.25, 0.3) is 0 Å². The molecular formula is C10H11BrOS. The van der Waals surface area contributed by atoms with E-state index in [1.54, 1.807) is 11.3 Å². The third-order valence-electron chi connectivity index (χ3n) is 2.36. The molecule has 0 aliphatic heterocycles. The van der Waals surface area contributed by atoms with E-state index in [1.807, 2.05) is 0 Å². The van der Waals surface area contributed by atoms with Crippen molar-refractivity contribution in [1.29, 1.82) is 0 Å². The molecule has 13 heavy (non-hydrogen) atoms. The molecule has 0 atom stereocenters. The second kappa shape index (κ2) is 3.93. The first-order chi connectivity index (χ1) is 6.27. The van der Waals surface area contributed by atoms with Crippen molar-refractivity contribution in [1.82, 2.24) is 0 Å². The van der Waals surface area contributed by atoms with Gasteiger partial charge in [-0.25, -0.2) is 0 Å². The normalized spacial score (nSPS) is 16.1. The van der Waals surface area contributed by atoms with Gasteiger partial charge in [0, 0.05) is 22.2 Å². The number of hydrogen-bond acceptors (Lipinski definition) is 2. The monoisotopic (exact) mass is 258 g/mol. The molecule has 0 bridgehead atoms. The average Bonchev–Trinajstić information content (AvgIpc) is 2.88. The van der Waals surface area contributed by atoms with E-state index < -0.39 is 0 Å². The van der Waals surface area contributed by atoms with E-state index in [-0.39, 0.29) is 0 Å². The third kappa shape index (κ3) is 2.41. The molecule has 0 saturated heterocycles. The van der Waals surface area contributed by atoms with Crippen LogP contribution in [-0.2, 0) is 11.2 Å². The number of aryl methyl sites for hydroxylation is 1. The van der Waals surface area contributed by atoms with E-state index in [0.29, 0.717) is 11.7 Å². The molecule has 0 aromatic carbocycles. The van der Waals surface area contributed by atoms with Gasteiger partial charge >= 0.3 is 0 Å². The lowest BCUT2D eigenvalue weighted by Crippen LogP contribution is -2.01. The van der Waals surface area contributed by atoms with Crippen LogP contribution >= 0.6 is 27.3 Å². The van der Waals surface area contributed by atoms with Crippen LogP contribution in [0.4, 0.5) is 0 Å². The maximum atomic E-state index is 11.4. The number of hydrogen-bond donors (Lipinski definition) is 0.